The molecule has 0 aliphatic carbocycles. The van der Waals surface area contributed by atoms with Crippen LogP contribution in [0.3, 0.4) is 0 Å². The Labute approximate surface area is 89.7 Å². The molecule has 0 bridgehead atoms. The molecule has 1 aromatic rings. The molecule has 1 heterocycles. The summed E-state index contributed by atoms with van der Waals surface area (Å²) in [5.74, 6) is 0. The maximum atomic E-state index is 2.28. The summed E-state index contributed by atoms with van der Waals surface area (Å²) in [7, 11) is 0. The molecule has 0 amide bonds. The van der Waals surface area contributed by atoms with Gasteiger partial charge in [-0.2, -0.15) is 0 Å². The van der Waals surface area contributed by atoms with Crippen LogP contribution in [-0.4, -0.2) is 0 Å². The summed E-state index contributed by atoms with van der Waals surface area (Å²) in [4.78, 5) is 2.88. The summed E-state index contributed by atoms with van der Waals surface area (Å²) in [5, 5.41) is 0. The SMILES string of the molecule is C/C=C(C)\C=C1/Cc2ccccc2S1. The van der Waals surface area contributed by atoms with Gasteiger partial charge in [0.25, 0.3) is 0 Å². The quantitative estimate of drug-likeness (QED) is 0.658. The van der Waals surface area contributed by atoms with Gasteiger partial charge in [-0.1, -0.05) is 41.6 Å². The van der Waals surface area contributed by atoms with Crippen LogP contribution in [0.1, 0.15) is 19.4 Å². The van der Waals surface area contributed by atoms with Crippen molar-refractivity contribution in [1.29, 1.82) is 0 Å². The largest absolute Gasteiger partial charge is 0.0939 e. The summed E-state index contributed by atoms with van der Waals surface area (Å²) >= 11 is 1.90. The van der Waals surface area contributed by atoms with E-state index < -0.39 is 0 Å². The predicted octanol–water partition coefficient (Wildman–Crippen LogP) is 4.18. The summed E-state index contributed by atoms with van der Waals surface area (Å²) in [6, 6.07) is 8.64. The average Bonchev–Trinajstić information content (AvgIpc) is 2.59. The Kier molecular flexibility index (Phi) is 2.78. The maximum Gasteiger partial charge on any atom is 0.0154 e. The molecule has 0 unspecified atom stereocenters. The monoisotopic (exact) mass is 202 g/mol. The smallest absolute Gasteiger partial charge is 0.0154 e. The first-order chi connectivity index (χ1) is 6.79. The number of benzene rings is 1. The molecule has 1 aliphatic rings. The van der Waals surface area contributed by atoms with Crippen LogP contribution in [0.2, 0.25) is 0 Å². The number of allylic oxidation sites excluding steroid dienone is 4. The van der Waals surface area contributed by atoms with E-state index in [1.807, 2.05) is 11.8 Å². The van der Waals surface area contributed by atoms with Crippen molar-refractivity contribution in [2.75, 3.05) is 0 Å². The Balaban J connectivity index is 2.23. The van der Waals surface area contributed by atoms with E-state index in [0.717, 1.165) is 6.42 Å². The van der Waals surface area contributed by atoms with Crippen molar-refractivity contribution in [2.24, 2.45) is 0 Å². The maximum absolute atomic E-state index is 2.28. The van der Waals surface area contributed by atoms with Crippen LogP contribution < -0.4 is 0 Å². The summed E-state index contributed by atoms with van der Waals surface area (Å²) < 4.78 is 0. The van der Waals surface area contributed by atoms with Gasteiger partial charge in [-0.25, -0.2) is 0 Å². The van der Waals surface area contributed by atoms with Crippen LogP contribution in [0.15, 0.2) is 51.8 Å². The summed E-state index contributed by atoms with van der Waals surface area (Å²) in [6.07, 6.45) is 5.53. The number of fused-ring (bicyclic) bond motifs is 1. The zero-order chi connectivity index (χ0) is 9.97. The van der Waals surface area contributed by atoms with Crippen LogP contribution in [0.25, 0.3) is 0 Å². The van der Waals surface area contributed by atoms with E-state index in [0.29, 0.717) is 0 Å². The summed E-state index contributed by atoms with van der Waals surface area (Å²) in [6.45, 7) is 4.23. The van der Waals surface area contributed by atoms with Crippen LogP contribution in [-0.2, 0) is 6.42 Å². The second-order valence-electron chi connectivity index (χ2n) is 3.53. The molecule has 1 aliphatic heterocycles. The predicted molar refractivity (Wildman–Crippen MR) is 63.5 cm³/mol. The van der Waals surface area contributed by atoms with E-state index in [9.17, 15) is 0 Å². The molecule has 0 saturated heterocycles. The van der Waals surface area contributed by atoms with Gasteiger partial charge in [0.15, 0.2) is 0 Å². The van der Waals surface area contributed by atoms with E-state index in [4.69, 9.17) is 0 Å². The molecular formula is C13H14S. The second-order valence-corrected chi connectivity index (χ2v) is 4.70. The minimum absolute atomic E-state index is 1.10. The van der Waals surface area contributed by atoms with E-state index >= 15 is 0 Å². The molecule has 14 heavy (non-hydrogen) atoms. The molecule has 0 atom stereocenters. The standard InChI is InChI=1S/C13H14S/c1-3-10(2)8-12-9-11-6-4-5-7-13(11)14-12/h3-8H,9H2,1-2H3/b10-3-,12-8+. The Morgan fingerprint density at radius 1 is 1.36 bits per heavy atom. The zero-order valence-corrected chi connectivity index (χ0v) is 9.40. The highest BCUT2D eigenvalue weighted by molar-refractivity contribution is 8.03. The third-order valence-corrected chi connectivity index (χ3v) is 3.56. The number of thioether (sulfide) groups is 1. The molecule has 0 spiro atoms. The fourth-order valence-corrected chi connectivity index (χ4v) is 2.71. The van der Waals surface area contributed by atoms with Gasteiger partial charge in [0.1, 0.15) is 0 Å². The van der Waals surface area contributed by atoms with Gasteiger partial charge >= 0.3 is 0 Å². The van der Waals surface area contributed by atoms with Gasteiger partial charge in [0.2, 0.25) is 0 Å². The van der Waals surface area contributed by atoms with Crippen LogP contribution in [0.4, 0.5) is 0 Å². The Morgan fingerprint density at radius 2 is 2.14 bits per heavy atom. The minimum Gasteiger partial charge on any atom is -0.0939 e. The minimum atomic E-state index is 1.10. The molecule has 72 valence electrons. The molecule has 0 radical (unpaired) electrons. The van der Waals surface area contributed by atoms with Gasteiger partial charge in [0.05, 0.1) is 0 Å². The Morgan fingerprint density at radius 3 is 2.86 bits per heavy atom. The number of hydrogen-bond acceptors (Lipinski definition) is 1. The molecule has 0 aromatic heterocycles. The van der Waals surface area contributed by atoms with Crippen molar-refractivity contribution >= 4 is 11.8 Å². The van der Waals surface area contributed by atoms with E-state index in [1.165, 1.54) is 20.9 Å². The van der Waals surface area contributed by atoms with Crippen molar-refractivity contribution in [3.05, 3.63) is 52.5 Å². The van der Waals surface area contributed by atoms with Gasteiger partial charge in [0, 0.05) is 11.3 Å². The van der Waals surface area contributed by atoms with Gasteiger partial charge in [-0.3, -0.25) is 0 Å². The van der Waals surface area contributed by atoms with E-state index in [2.05, 4.69) is 50.3 Å². The summed E-state index contributed by atoms with van der Waals surface area (Å²) in [5.41, 5.74) is 2.81. The van der Waals surface area contributed by atoms with E-state index in [1.54, 1.807) is 0 Å². The Bertz CT molecular complexity index is 372. The molecule has 0 fully saturated rings. The van der Waals surface area contributed by atoms with Gasteiger partial charge < -0.3 is 0 Å². The molecule has 1 heteroatoms. The molecule has 0 N–H and O–H groups in total. The third-order valence-electron chi connectivity index (χ3n) is 2.42. The first-order valence-corrected chi connectivity index (χ1v) is 5.70. The lowest BCUT2D eigenvalue weighted by atomic mass is 10.1. The fraction of sp³-hybridized carbons (Fsp3) is 0.231. The van der Waals surface area contributed by atoms with Crippen molar-refractivity contribution in [1.82, 2.24) is 0 Å². The lowest BCUT2D eigenvalue weighted by Crippen LogP contribution is -1.78. The van der Waals surface area contributed by atoms with E-state index in [-0.39, 0.29) is 0 Å². The molecule has 0 nitrogen and oxygen atoms in total. The second kappa shape index (κ2) is 4.05. The average molecular weight is 202 g/mol. The highest BCUT2D eigenvalue weighted by atomic mass is 32.2. The molecule has 0 saturated carbocycles. The van der Waals surface area contributed by atoms with Crippen molar-refractivity contribution < 1.29 is 0 Å². The fourth-order valence-electron chi connectivity index (χ4n) is 1.53. The first kappa shape index (κ1) is 9.60. The number of hydrogen-bond donors (Lipinski definition) is 0. The normalized spacial score (nSPS) is 18.7. The highest BCUT2D eigenvalue weighted by Crippen LogP contribution is 2.39. The molecule has 1 aromatic carbocycles. The van der Waals surface area contributed by atoms with Crippen molar-refractivity contribution in [3.63, 3.8) is 0 Å². The number of rotatable bonds is 1. The van der Waals surface area contributed by atoms with Crippen molar-refractivity contribution in [2.45, 2.75) is 25.2 Å². The molecule has 2 rings (SSSR count). The first-order valence-electron chi connectivity index (χ1n) is 4.89. The zero-order valence-electron chi connectivity index (χ0n) is 8.58. The molecular weight excluding hydrogens is 188 g/mol. The lowest BCUT2D eigenvalue weighted by molar-refractivity contribution is 1.20. The topological polar surface area (TPSA) is 0 Å². The third kappa shape index (κ3) is 1.93. The van der Waals surface area contributed by atoms with Crippen LogP contribution >= 0.6 is 11.8 Å². The highest BCUT2D eigenvalue weighted by Gasteiger charge is 2.14. The van der Waals surface area contributed by atoms with Crippen LogP contribution in [0, 0.1) is 0 Å². The lowest BCUT2D eigenvalue weighted by Gasteiger charge is -1.94. The van der Waals surface area contributed by atoms with Gasteiger partial charge in [-0.15, -0.1) is 0 Å². The van der Waals surface area contributed by atoms with Gasteiger partial charge in [-0.05, 0) is 36.5 Å². The van der Waals surface area contributed by atoms with Crippen molar-refractivity contribution in [3.8, 4) is 0 Å². The Hall–Kier alpha value is -0.950. The van der Waals surface area contributed by atoms with Crippen LogP contribution in [0.5, 0.6) is 0 Å².